The number of aromatic nitrogens is 4. The summed E-state index contributed by atoms with van der Waals surface area (Å²) in [7, 11) is 1.62. The zero-order valence-electron chi connectivity index (χ0n) is 16.5. The van der Waals surface area contributed by atoms with E-state index in [2.05, 4.69) is 20.2 Å². The first kappa shape index (κ1) is 18.9. The molecule has 8 heteroatoms. The molecule has 8 nitrogen and oxygen atoms in total. The number of hydrogen-bond donors (Lipinski definition) is 1. The van der Waals surface area contributed by atoms with E-state index in [1.807, 2.05) is 31.2 Å². The number of H-pyrrole nitrogens is 1. The maximum absolute atomic E-state index is 13.0. The van der Waals surface area contributed by atoms with Crippen molar-refractivity contribution in [1.82, 2.24) is 25.1 Å². The predicted molar refractivity (Wildman–Crippen MR) is 107 cm³/mol. The zero-order chi connectivity index (χ0) is 20.2. The second-order valence-electron chi connectivity index (χ2n) is 6.94. The maximum atomic E-state index is 13.0. The fourth-order valence-electron chi connectivity index (χ4n) is 3.49. The number of piperidine rings is 1. The van der Waals surface area contributed by atoms with Gasteiger partial charge in [-0.25, -0.2) is 4.98 Å². The molecule has 0 saturated carbocycles. The summed E-state index contributed by atoms with van der Waals surface area (Å²) in [5, 5.41) is 7.17. The standard InChI is InChI=1S/C21H23N5O3/c1-14-22-10-9-20(23-14)29-15-6-5-11-26(13-15)21(27)18-12-17(24-25-18)16-7-3-4-8-19(16)28-2/h3-4,7-10,12,15H,5-6,11,13H2,1-2H3,(H,24,25). The van der Waals surface area contributed by atoms with E-state index in [0.717, 1.165) is 18.4 Å². The van der Waals surface area contributed by atoms with E-state index >= 15 is 0 Å². The first-order valence-corrected chi connectivity index (χ1v) is 9.58. The summed E-state index contributed by atoms with van der Waals surface area (Å²) in [6.07, 6.45) is 3.32. The predicted octanol–water partition coefficient (Wildman–Crippen LogP) is 2.87. The Morgan fingerprint density at radius 2 is 2.14 bits per heavy atom. The average molecular weight is 393 g/mol. The van der Waals surface area contributed by atoms with Crippen LogP contribution < -0.4 is 9.47 Å². The largest absolute Gasteiger partial charge is 0.496 e. The molecule has 1 fully saturated rings. The number of rotatable bonds is 5. The molecule has 1 atom stereocenters. The van der Waals surface area contributed by atoms with Gasteiger partial charge in [0.05, 0.1) is 19.3 Å². The van der Waals surface area contributed by atoms with Gasteiger partial charge in [-0.15, -0.1) is 0 Å². The summed E-state index contributed by atoms with van der Waals surface area (Å²) < 4.78 is 11.4. The Morgan fingerprint density at radius 3 is 2.97 bits per heavy atom. The van der Waals surface area contributed by atoms with Gasteiger partial charge in [0.15, 0.2) is 0 Å². The summed E-state index contributed by atoms with van der Waals surface area (Å²) in [6, 6.07) is 11.1. The number of hydrogen-bond acceptors (Lipinski definition) is 6. The number of ether oxygens (including phenoxy) is 2. The van der Waals surface area contributed by atoms with Gasteiger partial charge in [0.25, 0.3) is 5.91 Å². The number of likely N-dealkylation sites (tertiary alicyclic amines) is 1. The van der Waals surface area contributed by atoms with Crippen LogP contribution in [0.3, 0.4) is 0 Å². The van der Waals surface area contributed by atoms with E-state index < -0.39 is 0 Å². The van der Waals surface area contributed by atoms with Crippen LogP contribution in [0.4, 0.5) is 0 Å². The third-order valence-corrected chi connectivity index (χ3v) is 4.89. The Bertz CT molecular complexity index is 1000. The van der Waals surface area contributed by atoms with Gasteiger partial charge in [0.2, 0.25) is 5.88 Å². The molecule has 1 aliphatic heterocycles. The van der Waals surface area contributed by atoms with Crippen molar-refractivity contribution in [3.8, 4) is 22.9 Å². The number of carbonyl (C=O) groups is 1. The monoisotopic (exact) mass is 393 g/mol. The van der Waals surface area contributed by atoms with Gasteiger partial charge < -0.3 is 14.4 Å². The summed E-state index contributed by atoms with van der Waals surface area (Å²) in [4.78, 5) is 23.2. The molecule has 1 N–H and O–H groups in total. The van der Waals surface area contributed by atoms with Crippen molar-refractivity contribution in [2.75, 3.05) is 20.2 Å². The van der Waals surface area contributed by atoms with Gasteiger partial charge >= 0.3 is 0 Å². The minimum atomic E-state index is -0.0985. The lowest BCUT2D eigenvalue weighted by molar-refractivity contribution is 0.0522. The van der Waals surface area contributed by atoms with Crippen molar-refractivity contribution in [3.05, 3.63) is 54.1 Å². The lowest BCUT2D eigenvalue weighted by Gasteiger charge is -2.32. The highest BCUT2D eigenvalue weighted by molar-refractivity contribution is 5.93. The zero-order valence-corrected chi connectivity index (χ0v) is 16.5. The minimum Gasteiger partial charge on any atom is -0.496 e. The van der Waals surface area contributed by atoms with E-state index in [0.29, 0.717) is 41.9 Å². The molecule has 0 bridgehead atoms. The van der Waals surface area contributed by atoms with Gasteiger partial charge in [-0.1, -0.05) is 12.1 Å². The van der Waals surface area contributed by atoms with Crippen molar-refractivity contribution < 1.29 is 14.3 Å². The fraction of sp³-hybridized carbons (Fsp3) is 0.333. The molecule has 150 valence electrons. The molecule has 4 rings (SSSR count). The SMILES string of the molecule is COc1ccccc1-c1cc(C(=O)N2CCCC(Oc3ccnc(C)n3)C2)[nH]n1. The number of benzene rings is 1. The molecule has 1 amide bonds. The molecule has 29 heavy (non-hydrogen) atoms. The molecule has 1 unspecified atom stereocenters. The lowest BCUT2D eigenvalue weighted by Crippen LogP contribution is -2.44. The molecule has 3 aromatic rings. The fourth-order valence-corrected chi connectivity index (χ4v) is 3.49. The van der Waals surface area contributed by atoms with Crippen LogP contribution >= 0.6 is 0 Å². The Balaban J connectivity index is 1.46. The number of nitrogens with zero attached hydrogens (tertiary/aromatic N) is 4. The van der Waals surface area contributed by atoms with E-state index in [-0.39, 0.29) is 12.0 Å². The normalized spacial score (nSPS) is 16.5. The van der Waals surface area contributed by atoms with Crippen LogP contribution in [-0.4, -0.2) is 57.3 Å². The van der Waals surface area contributed by atoms with Crippen molar-refractivity contribution in [2.45, 2.75) is 25.9 Å². The maximum Gasteiger partial charge on any atom is 0.272 e. The molecule has 2 aromatic heterocycles. The van der Waals surface area contributed by atoms with Crippen LogP contribution in [0.1, 0.15) is 29.2 Å². The molecule has 1 aromatic carbocycles. The lowest BCUT2D eigenvalue weighted by atomic mass is 10.1. The van der Waals surface area contributed by atoms with Crippen LogP contribution in [0, 0.1) is 6.92 Å². The van der Waals surface area contributed by atoms with Crippen molar-refractivity contribution in [2.24, 2.45) is 0 Å². The second kappa shape index (κ2) is 8.30. The number of aryl methyl sites for hydroxylation is 1. The van der Waals surface area contributed by atoms with Gasteiger partial charge in [-0.3, -0.25) is 9.89 Å². The molecule has 1 saturated heterocycles. The minimum absolute atomic E-state index is 0.0918. The number of amides is 1. The van der Waals surface area contributed by atoms with Crippen LogP contribution in [-0.2, 0) is 0 Å². The topological polar surface area (TPSA) is 93.2 Å². The highest BCUT2D eigenvalue weighted by atomic mass is 16.5. The number of para-hydroxylation sites is 1. The third-order valence-electron chi connectivity index (χ3n) is 4.89. The highest BCUT2D eigenvalue weighted by Crippen LogP contribution is 2.28. The Morgan fingerprint density at radius 1 is 1.28 bits per heavy atom. The van der Waals surface area contributed by atoms with Gasteiger partial charge in [-0.05, 0) is 38.0 Å². The van der Waals surface area contributed by atoms with Gasteiger partial charge in [0.1, 0.15) is 23.4 Å². The van der Waals surface area contributed by atoms with Crippen LogP contribution in [0.15, 0.2) is 42.6 Å². The molecule has 0 aliphatic carbocycles. The van der Waals surface area contributed by atoms with Crippen LogP contribution in [0.5, 0.6) is 11.6 Å². The Labute approximate surface area is 168 Å². The first-order valence-electron chi connectivity index (χ1n) is 9.58. The molecule has 1 aliphatic rings. The number of aromatic amines is 1. The summed E-state index contributed by atoms with van der Waals surface area (Å²) in [5.41, 5.74) is 1.96. The number of methoxy groups -OCH3 is 1. The van der Waals surface area contributed by atoms with E-state index in [1.54, 1.807) is 30.3 Å². The van der Waals surface area contributed by atoms with Crippen LogP contribution in [0.2, 0.25) is 0 Å². The smallest absolute Gasteiger partial charge is 0.272 e. The summed E-state index contributed by atoms with van der Waals surface area (Å²) >= 11 is 0. The molecule has 3 heterocycles. The first-order chi connectivity index (χ1) is 14.1. The highest BCUT2D eigenvalue weighted by Gasteiger charge is 2.27. The van der Waals surface area contributed by atoms with Crippen molar-refractivity contribution in [1.29, 1.82) is 0 Å². The second-order valence-corrected chi connectivity index (χ2v) is 6.94. The molecule has 0 radical (unpaired) electrons. The Kier molecular flexibility index (Phi) is 5.41. The van der Waals surface area contributed by atoms with Gasteiger partial charge in [-0.2, -0.15) is 10.1 Å². The average Bonchev–Trinajstić information content (AvgIpc) is 3.23. The summed E-state index contributed by atoms with van der Waals surface area (Å²) in [5.74, 6) is 1.82. The number of carbonyl (C=O) groups excluding carboxylic acids is 1. The van der Waals surface area contributed by atoms with E-state index in [9.17, 15) is 4.79 Å². The summed E-state index contributed by atoms with van der Waals surface area (Å²) in [6.45, 7) is 3.01. The van der Waals surface area contributed by atoms with Crippen LogP contribution in [0.25, 0.3) is 11.3 Å². The third kappa shape index (κ3) is 4.21. The quantitative estimate of drug-likeness (QED) is 0.716. The van der Waals surface area contributed by atoms with E-state index in [4.69, 9.17) is 9.47 Å². The molecule has 0 spiro atoms. The van der Waals surface area contributed by atoms with Crippen molar-refractivity contribution in [3.63, 3.8) is 0 Å². The van der Waals surface area contributed by atoms with E-state index in [1.165, 1.54) is 0 Å². The van der Waals surface area contributed by atoms with Crippen molar-refractivity contribution >= 4 is 5.91 Å². The van der Waals surface area contributed by atoms with Gasteiger partial charge in [0, 0.05) is 24.4 Å². The molecular weight excluding hydrogens is 370 g/mol. The number of nitrogens with one attached hydrogen (secondary N) is 1. The molecular formula is C21H23N5O3. The Hall–Kier alpha value is -3.42.